The van der Waals surface area contributed by atoms with Crippen molar-refractivity contribution in [2.24, 2.45) is 17.1 Å². The van der Waals surface area contributed by atoms with Gasteiger partial charge in [0.25, 0.3) is 5.91 Å². The first-order valence-electron chi connectivity index (χ1n) is 9.90. The maximum Gasteiger partial charge on any atom is 0.251 e. The fraction of sp³-hybridized carbons (Fsp3) is 0.391. The van der Waals surface area contributed by atoms with Crippen molar-refractivity contribution in [1.29, 1.82) is 0 Å². The van der Waals surface area contributed by atoms with E-state index in [1.807, 2.05) is 12.1 Å². The third-order valence-electron chi connectivity index (χ3n) is 6.04. The second-order valence-electron chi connectivity index (χ2n) is 8.23. The summed E-state index contributed by atoms with van der Waals surface area (Å²) in [5.74, 6) is -0.216. The van der Waals surface area contributed by atoms with Crippen LogP contribution in [0.1, 0.15) is 60.0 Å². The van der Waals surface area contributed by atoms with Gasteiger partial charge < -0.3 is 11.1 Å². The maximum atomic E-state index is 12.5. The van der Waals surface area contributed by atoms with Crippen LogP contribution in [0.3, 0.4) is 0 Å². The van der Waals surface area contributed by atoms with Gasteiger partial charge in [0.2, 0.25) is 5.91 Å². The van der Waals surface area contributed by atoms with Crippen LogP contribution in [0.15, 0.2) is 30.3 Å². The zero-order chi connectivity index (χ0) is 21.2. The first kappa shape index (κ1) is 21.6. The predicted molar refractivity (Wildman–Crippen MR) is 122 cm³/mol. The normalized spacial score (nSPS) is 16.6. The van der Waals surface area contributed by atoms with Gasteiger partial charge in [-0.1, -0.05) is 50.9 Å². The Morgan fingerprint density at radius 3 is 2.79 bits per heavy atom. The van der Waals surface area contributed by atoms with Crippen LogP contribution in [0.2, 0.25) is 5.02 Å². The van der Waals surface area contributed by atoms with Crippen molar-refractivity contribution < 1.29 is 9.59 Å². The third kappa shape index (κ3) is 4.90. The average molecular weight is 431 g/mol. The van der Waals surface area contributed by atoms with Gasteiger partial charge in [0, 0.05) is 16.0 Å². The van der Waals surface area contributed by atoms with E-state index < -0.39 is 5.91 Å². The first-order chi connectivity index (χ1) is 13.7. The second-order valence-corrected chi connectivity index (χ2v) is 9.77. The van der Waals surface area contributed by atoms with Crippen LogP contribution in [0.5, 0.6) is 0 Å². The largest absolute Gasteiger partial charge is 0.365 e. The minimum atomic E-state index is -0.482. The average Bonchev–Trinajstić information content (AvgIpc) is 3.03. The predicted octanol–water partition coefficient (Wildman–Crippen LogP) is 5.69. The van der Waals surface area contributed by atoms with Gasteiger partial charge in [-0.05, 0) is 59.9 Å². The fourth-order valence-corrected chi connectivity index (χ4v) is 5.36. The Labute approximate surface area is 181 Å². The van der Waals surface area contributed by atoms with E-state index in [0.29, 0.717) is 21.5 Å². The van der Waals surface area contributed by atoms with E-state index >= 15 is 0 Å². The van der Waals surface area contributed by atoms with Crippen molar-refractivity contribution in [2.75, 3.05) is 5.32 Å². The minimum absolute atomic E-state index is 0.248. The molecule has 1 aliphatic carbocycles. The van der Waals surface area contributed by atoms with Crippen molar-refractivity contribution in [3.8, 4) is 0 Å². The molecule has 3 rings (SSSR count). The molecule has 1 aliphatic rings. The van der Waals surface area contributed by atoms with Crippen molar-refractivity contribution in [3.05, 3.63) is 56.9 Å². The number of nitrogens with one attached hydrogen (secondary N) is 1. The van der Waals surface area contributed by atoms with Gasteiger partial charge in [-0.2, -0.15) is 0 Å². The number of fused-ring (bicyclic) bond motifs is 1. The number of thiophene rings is 1. The smallest absolute Gasteiger partial charge is 0.251 e. The van der Waals surface area contributed by atoms with Crippen LogP contribution in [0, 0.1) is 11.3 Å². The van der Waals surface area contributed by atoms with Gasteiger partial charge in [0.1, 0.15) is 5.00 Å². The Kier molecular flexibility index (Phi) is 6.49. The monoisotopic (exact) mass is 430 g/mol. The van der Waals surface area contributed by atoms with E-state index in [2.05, 4.69) is 26.1 Å². The summed E-state index contributed by atoms with van der Waals surface area (Å²) in [5, 5.41) is 4.02. The first-order valence-corrected chi connectivity index (χ1v) is 11.1. The number of hydrogen-bond donors (Lipinski definition) is 2. The molecule has 4 nitrogen and oxygen atoms in total. The maximum absolute atomic E-state index is 12.5. The van der Waals surface area contributed by atoms with Crippen LogP contribution in [-0.4, -0.2) is 11.8 Å². The summed E-state index contributed by atoms with van der Waals surface area (Å²) in [5.41, 5.74) is 8.24. The van der Waals surface area contributed by atoms with Crippen molar-refractivity contribution in [3.63, 3.8) is 0 Å². The van der Waals surface area contributed by atoms with Crippen LogP contribution < -0.4 is 11.1 Å². The highest BCUT2D eigenvalue weighted by atomic mass is 35.5. The van der Waals surface area contributed by atoms with Crippen molar-refractivity contribution in [2.45, 2.75) is 46.5 Å². The summed E-state index contributed by atoms with van der Waals surface area (Å²) in [6, 6.07) is 7.25. The van der Waals surface area contributed by atoms with E-state index in [-0.39, 0.29) is 11.3 Å². The number of halogens is 1. The molecule has 0 aliphatic heterocycles. The highest BCUT2D eigenvalue weighted by molar-refractivity contribution is 7.17. The van der Waals surface area contributed by atoms with E-state index in [0.717, 1.165) is 36.8 Å². The summed E-state index contributed by atoms with van der Waals surface area (Å²) < 4.78 is 0. The quantitative estimate of drug-likeness (QED) is 0.577. The standard InChI is InChI=1S/C23H27ClN2O2S/c1-4-23(2,3)15-9-10-17-18(13-15)29-22(20(17)21(25)28)26-19(27)11-8-14-6-5-7-16(24)12-14/h5-8,11-12,15H,4,9-10,13H2,1-3H3,(H2,25,28)(H,26,27)/b11-8+/t15-/m0/s1. The Balaban J connectivity index is 1.81. The van der Waals surface area contributed by atoms with E-state index in [1.165, 1.54) is 22.3 Å². The molecule has 2 amide bonds. The molecule has 0 spiro atoms. The molecule has 1 heterocycles. The van der Waals surface area contributed by atoms with Crippen molar-refractivity contribution in [1.82, 2.24) is 0 Å². The van der Waals surface area contributed by atoms with Gasteiger partial charge in [-0.15, -0.1) is 11.3 Å². The third-order valence-corrected chi connectivity index (χ3v) is 7.45. The number of benzene rings is 1. The van der Waals surface area contributed by atoms with Crippen LogP contribution >= 0.6 is 22.9 Å². The van der Waals surface area contributed by atoms with E-state index in [4.69, 9.17) is 17.3 Å². The number of anilines is 1. The van der Waals surface area contributed by atoms with Crippen LogP contribution in [0.25, 0.3) is 6.08 Å². The minimum Gasteiger partial charge on any atom is -0.365 e. The molecule has 0 unspecified atom stereocenters. The molecule has 1 atom stereocenters. The summed E-state index contributed by atoms with van der Waals surface area (Å²) in [4.78, 5) is 25.8. The lowest BCUT2D eigenvalue weighted by atomic mass is 9.69. The number of primary amides is 1. The van der Waals surface area contributed by atoms with Gasteiger partial charge in [-0.25, -0.2) is 0 Å². The van der Waals surface area contributed by atoms with Gasteiger partial charge in [-0.3, -0.25) is 9.59 Å². The molecule has 1 aromatic carbocycles. The Morgan fingerprint density at radius 1 is 1.38 bits per heavy atom. The molecule has 0 saturated carbocycles. The second kappa shape index (κ2) is 8.72. The Morgan fingerprint density at radius 2 is 2.14 bits per heavy atom. The fourth-order valence-electron chi connectivity index (χ4n) is 3.83. The molecular formula is C23H27ClN2O2S. The lowest BCUT2D eigenvalue weighted by Crippen LogP contribution is -2.29. The number of carbonyl (C=O) groups excluding carboxylic acids is 2. The number of amides is 2. The molecule has 2 aromatic rings. The Bertz CT molecular complexity index is 962. The molecule has 3 N–H and O–H groups in total. The molecule has 0 saturated heterocycles. The van der Waals surface area contributed by atoms with Crippen LogP contribution in [0.4, 0.5) is 5.00 Å². The summed E-state index contributed by atoms with van der Waals surface area (Å²) >= 11 is 7.46. The molecule has 0 radical (unpaired) electrons. The highest BCUT2D eigenvalue weighted by Crippen LogP contribution is 2.45. The summed E-state index contributed by atoms with van der Waals surface area (Å²) in [6.07, 6.45) is 7.03. The molecule has 29 heavy (non-hydrogen) atoms. The Hall–Kier alpha value is -2.11. The van der Waals surface area contributed by atoms with Crippen LogP contribution in [-0.2, 0) is 17.6 Å². The zero-order valence-electron chi connectivity index (χ0n) is 17.0. The highest BCUT2D eigenvalue weighted by Gasteiger charge is 2.34. The van der Waals surface area contributed by atoms with Crippen molar-refractivity contribution >= 4 is 45.8 Å². The number of rotatable bonds is 6. The topological polar surface area (TPSA) is 72.2 Å². The molecule has 6 heteroatoms. The SMILES string of the molecule is CCC(C)(C)[C@H]1CCc2c(sc(NC(=O)/C=C/c3cccc(Cl)c3)c2C(N)=O)C1. The molecular weight excluding hydrogens is 404 g/mol. The zero-order valence-corrected chi connectivity index (χ0v) is 18.6. The van der Waals surface area contributed by atoms with Gasteiger partial charge in [0.15, 0.2) is 0 Å². The summed E-state index contributed by atoms with van der Waals surface area (Å²) in [6.45, 7) is 6.82. The number of nitrogens with two attached hydrogens (primary N) is 1. The molecule has 1 aromatic heterocycles. The number of carbonyl (C=O) groups is 2. The van der Waals surface area contributed by atoms with E-state index in [1.54, 1.807) is 18.2 Å². The molecule has 0 bridgehead atoms. The lowest BCUT2D eigenvalue weighted by molar-refractivity contribution is -0.111. The van der Waals surface area contributed by atoms with E-state index in [9.17, 15) is 9.59 Å². The lowest BCUT2D eigenvalue weighted by Gasteiger charge is -2.36. The molecule has 0 fully saturated rings. The summed E-state index contributed by atoms with van der Waals surface area (Å²) in [7, 11) is 0. The number of hydrogen-bond acceptors (Lipinski definition) is 3. The van der Waals surface area contributed by atoms with Gasteiger partial charge >= 0.3 is 0 Å². The molecule has 154 valence electrons. The van der Waals surface area contributed by atoms with Gasteiger partial charge in [0.05, 0.1) is 5.56 Å².